The van der Waals surface area contributed by atoms with Crippen molar-refractivity contribution in [1.82, 2.24) is 10.3 Å². The lowest BCUT2D eigenvalue weighted by atomic mass is 9.99. The van der Waals surface area contributed by atoms with Gasteiger partial charge in [0.2, 0.25) is 0 Å². The van der Waals surface area contributed by atoms with Crippen LogP contribution in [0.3, 0.4) is 0 Å². The van der Waals surface area contributed by atoms with Gasteiger partial charge in [0.05, 0.1) is 0 Å². The van der Waals surface area contributed by atoms with Gasteiger partial charge in [-0.05, 0) is 60.5 Å². The highest BCUT2D eigenvalue weighted by atomic mass is 32.2. The number of nitrogens with zero attached hydrogens (tertiary/aromatic N) is 1. The van der Waals surface area contributed by atoms with E-state index in [1.54, 1.807) is 0 Å². The zero-order valence-electron chi connectivity index (χ0n) is 12.9. The maximum absolute atomic E-state index is 4.10. The Labute approximate surface area is 132 Å². The molecule has 1 atom stereocenters. The normalized spacial score (nSPS) is 12.3. The Morgan fingerprint density at radius 1 is 1.05 bits per heavy atom. The van der Waals surface area contributed by atoms with Crippen LogP contribution in [0.2, 0.25) is 0 Å². The molecule has 0 spiro atoms. The van der Waals surface area contributed by atoms with Crippen molar-refractivity contribution in [3.05, 3.63) is 59.9 Å². The van der Waals surface area contributed by atoms with Gasteiger partial charge in [0.25, 0.3) is 0 Å². The molecule has 0 amide bonds. The molecular formula is C18H24N2S. The summed E-state index contributed by atoms with van der Waals surface area (Å²) in [6, 6.07) is 13.5. The smallest absolute Gasteiger partial charge is 0.0360 e. The zero-order chi connectivity index (χ0) is 14.9. The molecule has 1 unspecified atom stereocenters. The Morgan fingerprint density at radius 2 is 1.76 bits per heavy atom. The van der Waals surface area contributed by atoms with Crippen LogP contribution in [0.5, 0.6) is 0 Å². The number of benzene rings is 1. The third-order valence-corrected chi connectivity index (χ3v) is 4.32. The van der Waals surface area contributed by atoms with E-state index in [4.69, 9.17) is 0 Å². The molecular weight excluding hydrogens is 276 g/mol. The molecule has 0 saturated heterocycles. The van der Waals surface area contributed by atoms with E-state index in [2.05, 4.69) is 60.5 Å². The van der Waals surface area contributed by atoms with Crippen molar-refractivity contribution >= 4 is 11.8 Å². The van der Waals surface area contributed by atoms with E-state index in [0.29, 0.717) is 6.04 Å². The minimum Gasteiger partial charge on any atom is -0.310 e. The van der Waals surface area contributed by atoms with Gasteiger partial charge in [-0.15, -0.1) is 11.8 Å². The van der Waals surface area contributed by atoms with Crippen LogP contribution in [0.1, 0.15) is 37.4 Å². The van der Waals surface area contributed by atoms with Gasteiger partial charge in [-0.25, -0.2) is 0 Å². The van der Waals surface area contributed by atoms with Crippen LogP contribution >= 0.6 is 11.8 Å². The lowest BCUT2D eigenvalue weighted by molar-refractivity contribution is 0.529. The van der Waals surface area contributed by atoms with Crippen molar-refractivity contribution in [1.29, 1.82) is 0 Å². The van der Waals surface area contributed by atoms with E-state index in [1.165, 1.54) is 16.0 Å². The molecule has 0 bridgehead atoms. The molecule has 0 radical (unpaired) electrons. The van der Waals surface area contributed by atoms with E-state index >= 15 is 0 Å². The first kappa shape index (κ1) is 16.1. The molecule has 0 aliphatic carbocycles. The lowest BCUT2D eigenvalue weighted by Crippen LogP contribution is -2.24. The molecule has 112 valence electrons. The van der Waals surface area contributed by atoms with E-state index in [-0.39, 0.29) is 0 Å². The molecule has 1 aromatic carbocycles. The van der Waals surface area contributed by atoms with Gasteiger partial charge in [0.15, 0.2) is 0 Å². The van der Waals surface area contributed by atoms with Crippen molar-refractivity contribution in [3.8, 4) is 0 Å². The molecule has 0 aliphatic heterocycles. The van der Waals surface area contributed by atoms with Gasteiger partial charge < -0.3 is 5.32 Å². The van der Waals surface area contributed by atoms with Crippen molar-refractivity contribution in [2.24, 2.45) is 0 Å². The average molecular weight is 300 g/mol. The number of hydrogen-bond acceptors (Lipinski definition) is 3. The monoisotopic (exact) mass is 300 g/mol. The van der Waals surface area contributed by atoms with Gasteiger partial charge in [0, 0.05) is 23.3 Å². The molecule has 1 N–H and O–H groups in total. The quantitative estimate of drug-likeness (QED) is 0.728. The van der Waals surface area contributed by atoms with E-state index < -0.39 is 0 Å². The summed E-state index contributed by atoms with van der Waals surface area (Å²) in [7, 11) is 0. The number of aromatic nitrogens is 1. The number of nitrogens with one attached hydrogen (secondary N) is 1. The number of hydrogen-bond donors (Lipinski definition) is 1. The topological polar surface area (TPSA) is 24.9 Å². The maximum atomic E-state index is 4.10. The molecule has 2 nitrogen and oxygen atoms in total. The number of rotatable bonds is 8. The molecule has 0 saturated carbocycles. The fourth-order valence-electron chi connectivity index (χ4n) is 2.34. The first-order chi connectivity index (χ1) is 10.3. The van der Waals surface area contributed by atoms with Crippen molar-refractivity contribution in [2.75, 3.05) is 12.3 Å². The predicted octanol–water partition coefficient (Wildman–Crippen LogP) is 4.48. The van der Waals surface area contributed by atoms with Gasteiger partial charge >= 0.3 is 0 Å². The van der Waals surface area contributed by atoms with Gasteiger partial charge in [-0.2, -0.15) is 0 Å². The molecule has 0 aliphatic rings. The summed E-state index contributed by atoms with van der Waals surface area (Å²) in [6.45, 7) is 5.44. The summed E-state index contributed by atoms with van der Waals surface area (Å²) < 4.78 is 0. The summed E-state index contributed by atoms with van der Waals surface area (Å²) in [6.07, 6.45) is 5.89. The third kappa shape index (κ3) is 5.18. The van der Waals surface area contributed by atoms with E-state index in [0.717, 1.165) is 25.1 Å². The second-order valence-electron chi connectivity index (χ2n) is 5.07. The fourth-order valence-corrected chi connectivity index (χ4v) is 3.01. The van der Waals surface area contributed by atoms with Gasteiger partial charge in [-0.1, -0.05) is 26.0 Å². The van der Waals surface area contributed by atoms with Crippen LogP contribution in [0.15, 0.2) is 53.7 Å². The van der Waals surface area contributed by atoms with Crippen molar-refractivity contribution in [2.45, 2.75) is 37.6 Å². The van der Waals surface area contributed by atoms with Crippen molar-refractivity contribution in [3.63, 3.8) is 0 Å². The summed E-state index contributed by atoms with van der Waals surface area (Å²) in [5.74, 6) is 1.12. The zero-order valence-corrected chi connectivity index (χ0v) is 13.7. The molecule has 2 rings (SSSR count). The highest BCUT2D eigenvalue weighted by molar-refractivity contribution is 7.99. The van der Waals surface area contributed by atoms with E-state index in [1.807, 2.05) is 24.2 Å². The standard InChI is InChI=1S/C18H24N2S/c1-3-11-20-18(14-15-9-12-19-13-10-15)16-5-7-17(8-6-16)21-4-2/h5-10,12-13,18,20H,3-4,11,14H2,1-2H3. The van der Waals surface area contributed by atoms with Crippen LogP contribution < -0.4 is 5.32 Å². The molecule has 3 heteroatoms. The minimum absolute atomic E-state index is 0.369. The highest BCUT2D eigenvalue weighted by Gasteiger charge is 2.11. The Balaban J connectivity index is 2.11. The molecule has 1 heterocycles. The highest BCUT2D eigenvalue weighted by Crippen LogP contribution is 2.23. The van der Waals surface area contributed by atoms with Crippen LogP contribution in [-0.2, 0) is 6.42 Å². The lowest BCUT2D eigenvalue weighted by Gasteiger charge is -2.19. The first-order valence-electron chi connectivity index (χ1n) is 7.68. The second kappa shape index (κ2) is 8.85. The second-order valence-corrected chi connectivity index (χ2v) is 6.41. The van der Waals surface area contributed by atoms with Gasteiger partial charge in [-0.3, -0.25) is 4.98 Å². The summed E-state index contributed by atoms with van der Waals surface area (Å²) >= 11 is 1.89. The SMILES string of the molecule is CCCNC(Cc1ccncc1)c1ccc(SCC)cc1. The third-order valence-electron chi connectivity index (χ3n) is 3.42. The Hall–Kier alpha value is -1.32. The first-order valence-corrected chi connectivity index (χ1v) is 8.67. The molecule has 2 aromatic rings. The van der Waals surface area contributed by atoms with Crippen LogP contribution in [0.4, 0.5) is 0 Å². The van der Waals surface area contributed by atoms with E-state index in [9.17, 15) is 0 Å². The van der Waals surface area contributed by atoms with Crippen LogP contribution in [0, 0.1) is 0 Å². The summed E-state index contributed by atoms with van der Waals surface area (Å²) in [4.78, 5) is 5.44. The maximum Gasteiger partial charge on any atom is 0.0360 e. The summed E-state index contributed by atoms with van der Waals surface area (Å²) in [5, 5.41) is 3.66. The Kier molecular flexibility index (Phi) is 6.77. The Bertz CT molecular complexity index is 511. The fraction of sp³-hybridized carbons (Fsp3) is 0.389. The molecule has 21 heavy (non-hydrogen) atoms. The van der Waals surface area contributed by atoms with Gasteiger partial charge in [0.1, 0.15) is 0 Å². The van der Waals surface area contributed by atoms with Crippen LogP contribution in [0.25, 0.3) is 0 Å². The number of thioether (sulfide) groups is 1. The average Bonchev–Trinajstić information content (AvgIpc) is 2.53. The summed E-state index contributed by atoms with van der Waals surface area (Å²) in [5.41, 5.74) is 2.69. The van der Waals surface area contributed by atoms with Crippen molar-refractivity contribution < 1.29 is 0 Å². The molecule has 1 aromatic heterocycles. The number of pyridine rings is 1. The predicted molar refractivity (Wildman–Crippen MR) is 91.8 cm³/mol. The Morgan fingerprint density at radius 3 is 2.38 bits per heavy atom. The van der Waals surface area contributed by atoms with Crippen LogP contribution in [-0.4, -0.2) is 17.3 Å². The molecule has 0 fully saturated rings. The minimum atomic E-state index is 0.369. The largest absolute Gasteiger partial charge is 0.310 e.